The van der Waals surface area contributed by atoms with Gasteiger partial charge in [0.25, 0.3) is 0 Å². The van der Waals surface area contributed by atoms with Crippen LogP contribution in [0.15, 0.2) is 12.3 Å². The Bertz CT molecular complexity index is 382. The number of pyridine rings is 1. The molecule has 7 nitrogen and oxygen atoms in total. The second-order valence-corrected chi connectivity index (χ2v) is 3.04. The van der Waals surface area contributed by atoms with E-state index >= 15 is 0 Å². The molecular formula is C8H12N4O3. The minimum absolute atomic E-state index is 0.111. The summed E-state index contributed by atoms with van der Waals surface area (Å²) in [6.07, 6.45) is -1.95. The van der Waals surface area contributed by atoms with Crippen molar-refractivity contribution in [3.05, 3.63) is 17.8 Å². The van der Waals surface area contributed by atoms with Crippen LogP contribution >= 0.6 is 0 Å². The molecule has 8 N–H and O–H groups in total. The molecule has 1 rings (SSSR count). The average Bonchev–Trinajstić information content (AvgIpc) is 2.19. The number of carbonyl (C=O) groups excluding carboxylic acids is 1. The number of aliphatic hydroxyl groups excluding tert-OH is 2. The first-order valence-corrected chi connectivity index (χ1v) is 4.10. The maximum Gasteiger partial charge on any atom is 0.249 e. The third-order valence-corrected chi connectivity index (χ3v) is 1.90. The van der Waals surface area contributed by atoms with Crippen molar-refractivity contribution < 1.29 is 15.0 Å². The quantitative estimate of drug-likeness (QED) is 0.396. The fraction of sp³-hybridized carbons (Fsp3) is 0.250. The summed E-state index contributed by atoms with van der Waals surface area (Å²) in [5.41, 5.74) is 15.9. The van der Waals surface area contributed by atoms with E-state index < -0.39 is 18.1 Å². The molecule has 0 saturated carbocycles. The molecule has 2 atom stereocenters. The van der Waals surface area contributed by atoms with Crippen molar-refractivity contribution in [3.63, 3.8) is 0 Å². The van der Waals surface area contributed by atoms with Crippen molar-refractivity contribution in [3.8, 4) is 0 Å². The molecule has 7 heteroatoms. The molecule has 0 aromatic carbocycles. The van der Waals surface area contributed by atoms with Gasteiger partial charge in [-0.3, -0.25) is 4.79 Å². The minimum Gasteiger partial charge on any atom is -0.396 e. The average molecular weight is 212 g/mol. The van der Waals surface area contributed by atoms with Crippen molar-refractivity contribution >= 4 is 17.4 Å². The summed E-state index contributed by atoms with van der Waals surface area (Å²) in [5.74, 6) is -0.919. The molecule has 0 aliphatic heterocycles. The summed E-state index contributed by atoms with van der Waals surface area (Å²) >= 11 is 0. The zero-order valence-corrected chi connectivity index (χ0v) is 7.79. The summed E-state index contributed by atoms with van der Waals surface area (Å²) in [7, 11) is 0. The molecule has 0 fully saturated rings. The van der Waals surface area contributed by atoms with Gasteiger partial charge in [0.05, 0.1) is 5.69 Å². The molecule has 82 valence electrons. The Kier molecular flexibility index (Phi) is 3.08. The largest absolute Gasteiger partial charge is 0.396 e. The number of primary amides is 1. The molecule has 0 saturated heterocycles. The maximum absolute atomic E-state index is 10.6. The van der Waals surface area contributed by atoms with Crippen LogP contribution in [0.3, 0.4) is 0 Å². The van der Waals surface area contributed by atoms with Crippen LogP contribution in [0.4, 0.5) is 11.5 Å². The van der Waals surface area contributed by atoms with Crippen LogP contribution in [0.2, 0.25) is 0 Å². The van der Waals surface area contributed by atoms with Crippen LogP contribution in [-0.4, -0.2) is 27.2 Å². The Balaban J connectivity index is 2.96. The lowest BCUT2D eigenvalue weighted by Gasteiger charge is -2.15. The van der Waals surface area contributed by atoms with Crippen LogP contribution in [0.25, 0.3) is 0 Å². The molecule has 0 spiro atoms. The predicted molar refractivity (Wildman–Crippen MR) is 53.2 cm³/mol. The van der Waals surface area contributed by atoms with E-state index in [9.17, 15) is 15.0 Å². The van der Waals surface area contributed by atoms with Crippen molar-refractivity contribution in [2.75, 3.05) is 11.5 Å². The number of carbonyl (C=O) groups is 1. The molecule has 1 aromatic rings. The Morgan fingerprint density at radius 3 is 2.47 bits per heavy atom. The first-order chi connectivity index (χ1) is 6.93. The first kappa shape index (κ1) is 11.2. The Hall–Kier alpha value is -1.86. The minimum atomic E-state index is -1.70. The van der Waals surface area contributed by atoms with Crippen LogP contribution in [-0.2, 0) is 4.79 Å². The van der Waals surface area contributed by atoms with Crippen molar-refractivity contribution in [1.29, 1.82) is 0 Å². The van der Waals surface area contributed by atoms with Gasteiger partial charge < -0.3 is 27.4 Å². The fourth-order valence-corrected chi connectivity index (χ4v) is 1.01. The normalized spacial score (nSPS) is 14.5. The number of nitrogen functional groups attached to an aromatic ring is 2. The summed E-state index contributed by atoms with van der Waals surface area (Å²) in [6, 6.07) is 1.32. The fourth-order valence-electron chi connectivity index (χ4n) is 1.01. The molecular weight excluding hydrogens is 200 g/mol. The van der Waals surface area contributed by atoms with E-state index in [0.29, 0.717) is 0 Å². The van der Waals surface area contributed by atoms with Crippen LogP contribution in [0, 0.1) is 0 Å². The van der Waals surface area contributed by atoms with Gasteiger partial charge in [0.2, 0.25) is 5.91 Å². The maximum atomic E-state index is 10.6. The number of aliphatic hydroxyl groups is 2. The number of nitrogens with zero attached hydrogens (tertiary/aromatic N) is 1. The Morgan fingerprint density at radius 1 is 1.40 bits per heavy atom. The standard InChI is InChI=1S/C8H12N4O3/c9-4-1-3(2-12-7(4)10)5(13)6(14)8(11)15/h1-2,5-6,13-14H,9H2,(H2,10,12)(H2,11,15). The van der Waals surface area contributed by atoms with Gasteiger partial charge in [-0.2, -0.15) is 0 Å². The Morgan fingerprint density at radius 2 is 2.00 bits per heavy atom. The predicted octanol–water partition coefficient (Wildman–Crippen LogP) is -1.87. The second kappa shape index (κ2) is 4.11. The van der Waals surface area contributed by atoms with Gasteiger partial charge in [-0.05, 0) is 6.07 Å². The number of amides is 1. The number of nitrogens with two attached hydrogens (primary N) is 3. The lowest BCUT2D eigenvalue weighted by atomic mass is 10.1. The van der Waals surface area contributed by atoms with E-state index in [1.165, 1.54) is 12.3 Å². The highest BCUT2D eigenvalue weighted by Gasteiger charge is 2.23. The van der Waals surface area contributed by atoms with Crippen molar-refractivity contribution in [1.82, 2.24) is 4.98 Å². The summed E-state index contributed by atoms with van der Waals surface area (Å²) in [5, 5.41) is 18.7. The van der Waals surface area contributed by atoms with Gasteiger partial charge in [0.15, 0.2) is 6.10 Å². The lowest BCUT2D eigenvalue weighted by molar-refractivity contribution is -0.131. The first-order valence-electron chi connectivity index (χ1n) is 4.10. The lowest BCUT2D eigenvalue weighted by Crippen LogP contribution is -2.33. The highest BCUT2D eigenvalue weighted by molar-refractivity contribution is 5.79. The molecule has 0 aliphatic rings. The zero-order chi connectivity index (χ0) is 11.6. The van der Waals surface area contributed by atoms with Gasteiger partial charge in [-0.1, -0.05) is 0 Å². The molecule has 1 amide bonds. The highest BCUT2D eigenvalue weighted by Crippen LogP contribution is 2.20. The zero-order valence-electron chi connectivity index (χ0n) is 7.79. The molecule has 15 heavy (non-hydrogen) atoms. The number of hydrogen-bond acceptors (Lipinski definition) is 6. The van der Waals surface area contributed by atoms with Crippen molar-refractivity contribution in [2.45, 2.75) is 12.2 Å². The summed E-state index contributed by atoms with van der Waals surface area (Å²) in [6.45, 7) is 0. The number of aromatic nitrogens is 1. The molecule has 0 radical (unpaired) electrons. The van der Waals surface area contributed by atoms with E-state index in [-0.39, 0.29) is 17.1 Å². The number of hydrogen-bond donors (Lipinski definition) is 5. The van der Waals surface area contributed by atoms with Crippen LogP contribution in [0.5, 0.6) is 0 Å². The molecule has 0 aliphatic carbocycles. The van der Waals surface area contributed by atoms with E-state index in [4.69, 9.17) is 17.2 Å². The van der Waals surface area contributed by atoms with E-state index in [1.54, 1.807) is 0 Å². The highest BCUT2D eigenvalue weighted by atomic mass is 16.3. The molecule has 0 bridgehead atoms. The second-order valence-electron chi connectivity index (χ2n) is 3.04. The summed E-state index contributed by atoms with van der Waals surface area (Å²) in [4.78, 5) is 14.3. The van der Waals surface area contributed by atoms with Gasteiger partial charge in [0, 0.05) is 11.8 Å². The van der Waals surface area contributed by atoms with Crippen molar-refractivity contribution in [2.24, 2.45) is 5.73 Å². The Labute approximate surface area is 85.5 Å². The third-order valence-electron chi connectivity index (χ3n) is 1.90. The van der Waals surface area contributed by atoms with E-state index in [2.05, 4.69) is 4.98 Å². The molecule has 1 aromatic heterocycles. The number of anilines is 2. The monoisotopic (exact) mass is 212 g/mol. The smallest absolute Gasteiger partial charge is 0.249 e. The van der Waals surface area contributed by atoms with Gasteiger partial charge in [-0.15, -0.1) is 0 Å². The van der Waals surface area contributed by atoms with Gasteiger partial charge in [-0.25, -0.2) is 4.98 Å². The van der Waals surface area contributed by atoms with Gasteiger partial charge >= 0.3 is 0 Å². The number of rotatable bonds is 3. The van der Waals surface area contributed by atoms with Gasteiger partial charge in [0.1, 0.15) is 11.9 Å². The van der Waals surface area contributed by atoms with Crippen LogP contribution in [0.1, 0.15) is 11.7 Å². The van der Waals surface area contributed by atoms with E-state index in [1.807, 2.05) is 0 Å². The molecule has 1 heterocycles. The van der Waals surface area contributed by atoms with Crippen LogP contribution < -0.4 is 17.2 Å². The summed E-state index contributed by atoms with van der Waals surface area (Å²) < 4.78 is 0. The van der Waals surface area contributed by atoms with E-state index in [0.717, 1.165) is 0 Å². The SMILES string of the molecule is NC(=O)C(O)C(O)c1cnc(N)c(N)c1. The topological polar surface area (TPSA) is 148 Å². The molecule has 2 unspecified atom stereocenters. The third kappa shape index (κ3) is 2.33.